The van der Waals surface area contributed by atoms with Crippen molar-refractivity contribution in [1.29, 1.82) is 0 Å². The molecule has 2 atom stereocenters. The second-order valence-corrected chi connectivity index (χ2v) is 5.59. The molecule has 0 aliphatic carbocycles. The average molecular weight is 308 g/mol. The zero-order chi connectivity index (χ0) is 16.1. The van der Waals surface area contributed by atoms with Crippen LogP contribution in [0, 0.1) is 5.92 Å². The summed E-state index contributed by atoms with van der Waals surface area (Å²) < 4.78 is 15.4. The Morgan fingerprint density at radius 1 is 1.23 bits per heavy atom. The summed E-state index contributed by atoms with van der Waals surface area (Å²) in [6.45, 7) is 1.53. The zero-order valence-corrected chi connectivity index (χ0v) is 13.4. The summed E-state index contributed by atoms with van der Waals surface area (Å²) in [7, 11) is 4.64. The molecule has 122 valence electrons. The van der Waals surface area contributed by atoms with Crippen molar-refractivity contribution in [3.05, 3.63) is 18.2 Å². The van der Waals surface area contributed by atoms with Gasteiger partial charge in [0.15, 0.2) is 11.5 Å². The lowest BCUT2D eigenvalue weighted by Gasteiger charge is -2.37. The lowest BCUT2D eigenvalue weighted by atomic mass is 9.91. The molecule has 0 amide bonds. The monoisotopic (exact) mass is 308 g/mol. The molecule has 0 bridgehead atoms. The zero-order valence-electron chi connectivity index (χ0n) is 13.4. The number of piperidine rings is 1. The molecular formula is C16H24N2O4. The highest BCUT2D eigenvalue weighted by molar-refractivity contribution is 5.69. The molecule has 1 fully saturated rings. The van der Waals surface area contributed by atoms with Crippen LogP contribution in [-0.2, 0) is 9.53 Å². The van der Waals surface area contributed by atoms with Gasteiger partial charge in [0, 0.05) is 30.9 Å². The first-order valence-electron chi connectivity index (χ1n) is 7.36. The van der Waals surface area contributed by atoms with Crippen molar-refractivity contribution < 1.29 is 19.0 Å². The van der Waals surface area contributed by atoms with Gasteiger partial charge in [-0.15, -0.1) is 0 Å². The summed E-state index contributed by atoms with van der Waals surface area (Å²) in [6.07, 6.45) is 1.23. The van der Waals surface area contributed by atoms with E-state index < -0.39 is 0 Å². The maximum atomic E-state index is 11.5. The van der Waals surface area contributed by atoms with E-state index in [0.717, 1.165) is 25.2 Å². The number of esters is 1. The third kappa shape index (κ3) is 3.82. The minimum absolute atomic E-state index is 0.0384. The van der Waals surface area contributed by atoms with Gasteiger partial charge >= 0.3 is 5.97 Å². The summed E-state index contributed by atoms with van der Waals surface area (Å²) in [4.78, 5) is 13.7. The van der Waals surface area contributed by atoms with E-state index in [4.69, 9.17) is 19.9 Å². The Morgan fingerprint density at radius 2 is 1.95 bits per heavy atom. The Balaban J connectivity index is 2.15. The van der Waals surface area contributed by atoms with Gasteiger partial charge < -0.3 is 24.8 Å². The third-order valence-electron chi connectivity index (χ3n) is 3.98. The van der Waals surface area contributed by atoms with Crippen molar-refractivity contribution in [2.24, 2.45) is 11.7 Å². The number of hydrogen-bond donors (Lipinski definition) is 1. The highest BCUT2D eigenvalue weighted by Gasteiger charge is 2.27. The van der Waals surface area contributed by atoms with E-state index in [1.54, 1.807) is 14.2 Å². The summed E-state index contributed by atoms with van der Waals surface area (Å²) in [6, 6.07) is 5.83. The lowest BCUT2D eigenvalue weighted by Crippen LogP contribution is -2.47. The molecule has 0 spiro atoms. The largest absolute Gasteiger partial charge is 0.493 e. The van der Waals surface area contributed by atoms with Crippen LogP contribution in [0.25, 0.3) is 0 Å². The molecule has 1 aromatic carbocycles. The lowest BCUT2D eigenvalue weighted by molar-refractivity contribution is -0.141. The molecule has 2 unspecified atom stereocenters. The molecule has 2 rings (SSSR count). The number of anilines is 1. The molecule has 22 heavy (non-hydrogen) atoms. The number of nitrogens with two attached hydrogens (primary N) is 1. The van der Waals surface area contributed by atoms with Crippen molar-refractivity contribution in [2.75, 3.05) is 39.3 Å². The van der Waals surface area contributed by atoms with E-state index in [2.05, 4.69) is 4.90 Å². The van der Waals surface area contributed by atoms with E-state index in [1.165, 1.54) is 7.11 Å². The fraction of sp³-hybridized carbons (Fsp3) is 0.562. The fourth-order valence-corrected chi connectivity index (χ4v) is 2.95. The molecule has 1 saturated heterocycles. The SMILES string of the molecule is COC(=O)CC1CC(N)CN(c2ccc(OC)c(OC)c2)C1. The first kappa shape index (κ1) is 16.4. The predicted octanol–water partition coefficient (Wildman–Crippen LogP) is 1.42. The number of carbonyl (C=O) groups is 1. The standard InChI is InChI=1S/C16H24N2O4/c1-20-14-5-4-13(8-15(14)21-2)18-9-11(6-12(17)10-18)7-16(19)22-3/h4-5,8,11-12H,6-7,9-10,17H2,1-3H3. The highest BCUT2D eigenvalue weighted by atomic mass is 16.5. The normalized spacial score (nSPS) is 21.4. The molecule has 0 saturated carbocycles. The van der Waals surface area contributed by atoms with E-state index in [-0.39, 0.29) is 17.9 Å². The number of carbonyl (C=O) groups excluding carboxylic acids is 1. The average Bonchev–Trinajstić information content (AvgIpc) is 2.53. The van der Waals surface area contributed by atoms with Gasteiger partial charge in [-0.2, -0.15) is 0 Å². The van der Waals surface area contributed by atoms with Gasteiger partial charge in [0.25, 0.3) is 0 Å². The van der Waals surface area contributed by atoms with E-state index in [9.17, 15) is 4.79 Å². The van der Waals surface area contributed by atoms with Crippen LogP contribution in [0.3, 0.4) is 0 Å². The smallest absolute Gasteiger partial charge is 0.305 e. The molecule has 2 N–H and O–H groups in total. The van der Waals surface area contributed by atoms with E-state index in [0.29, 0.717) is 17.9 Å². The third-order valence-corrected chi connectivity index (χ3v) is 3.98. The highest BCUT2D eigenvalue weighted by Crippen LogP contribution is 2.33. The first-order chi connectivity index (χ1) is 10.6. The summed E-state index contributed by atoms with van der Waals surface area (Å²) in [5.41, 5.74) is 7.16. The van der Waals surface area contributed by atoms with Crippen LogP contribution in [0.1, 0.15) is 12.8 Å². The Morgan fingerprint density at radius 3 is 2.59 bits per heavy atom. The number of hydrogen-bond acceptors (Lipinski definition) is 6. The van der Waals surface area contributed by atoms with Crippen LogP contribution in [0.5, 0.6) is 11.5 Å². The molecule has 6 nitrogen and oxygen atoms in total. The van der Waals surface area contributed by atoms with Gasteiger partial charge in [-0.25, -0.2) is 0 Å². The second kappa shape index (κ2) is 7.35. The Hall–Kier alpha value is -1.95. The van der Waals surface area contributed by atoms with E-state index in [1.807, 2.05) is 18.2 Å². The van der Waals surface area contributed by atoms with Crippen LogP contribution in [0.15, 0.2) is 18.2 Å². The van der Waals surface area contributed by atoms with E-state index >= 15 is 0 Å². The van der Waals surface area contributed by atoms with Gasteiger partial charge in [0.2, 0.25) is 0 Å². The van der Waals surface area contributed by atoms with Crippen molar-refractivity contribution in [3.63, 3.8) is 0 Å². The Labute approximate surface area is 131 Å². The molecule has 1 aliphatic rings. The van der Waals surface area contributed by atoms with Crippen LogP contribution in [0.4, 0.5) is 5.69 Å². The van der Waals surface area contributed by atoms with Crippen LogP contribution in [0.2, 0.25) is 0 Å². The fourth-order valence-electron chi connectivity index (χ4n) is 2.95. The molecule has 0 aromatic heterocycles. The predicted molar refractivity (Wildman–Crippen MR) is 84.5 cm³/mol. The first-order valence-corrected chi connectivity index (χ1v) is 7.36. The number of benzene rings is 1. The van der Waals surface area contributed by atoms with Crippen LogP contribution in [-0.4, -0.2) is 46.4 Å². The minimum atomic E-state index is -0.189. The molecule has 6 heteroatoms. The van der Waals surface area contributed by atoms with Crippen LogP contribution >= 0.6 is 0 Å². The van der Waals surface area contributed by atoms with Crippen molar-refractivity contribution >= 4 is 11.7 Å². The van der Waals surface area contributed by atoms with Gasteiger partial charge in [-0.3, -0.25) is 4.79 Å². The summed E-state index contributed by atoms with van der Waals surface area (Å²) in [5.74, 6) is 1.39. The topological polar surface area (TPSA) is 74.0 Å². The molecular weight excluding hydrogens is 284 g/mol. The number of ether oxygens (including phenoxy) is 3. The van der Waals surface area contributed by atoms with Crippen LogP contribution < -0.4 is 20.1 Å². The quantitative estimate of drug-likeness (QED) is 0.829. The van der Waals surface area contributed by atoms with Gasteiger partial charge in [0.1, 0.15) is 0 Å². The Bertz CT molecular complexity index is 521. The van der Waals surface area contributed by atoms with Gasteiger partial charge in [0.05, 0.1) is 27.8 Å². The maximum absolute atomic E-state index is 11.5. The maximum Gasteiger partial charge on any atom is 0.305 e. The number of rotatable bonds is 5. The second-order valence-electron chi connectivity index (χ2n) is 5.59. The summed E-state index contributed by atoms with van der Waals surface area (Å²) in [5, 5.41) is 0. The Kier molecular flexibility index (Phi) is 5.49. The summed E-state index contributed by atoms with van der Waals surface area (Å²) >= 11 is 0. The van der Waals surface area contributed by atoms with Gasteiger partial charge in [-0.05, 0) is 24.5 Å². The van der Waals surface area contributed by atoms with Crippen molar-refractivity contribution in [3.8, 4) is 11.5 Å². The number of methoxy groups -OCH3 is 3. The van der Waals surface area contributed by atoms with Crippen molar-refractivity contribution in [2.45, 2.75) is 18.9 Å². The van der Waals surface area contributed by atoms with Crippen molar-refractivity contribution in [1.82, 2.24) is 0 Å². The minimum Gasteiger partial charge on any atom is -0.493 e. The molecule has 1 heterocycles. The van der Waals surface area contributed by atoms with Gasteiger partial charge in [-0.1, -0.05) is 0 Å². The molecule has 1 aromatic rings. The number of nitrogens with zero attached hydrogens (tertiary/aromatic N) is 1. The molecule has 1 aliphatic heterocycles. The molecule has 0 radical (unpaired) electrons.